The fourth-order valence-electron chi connectivity index (χ4n) is 3.82. The summed E-state index contributed by atoms with van der Waals surface area (Å²) in [6.07, 6.45) is 10.3. The zero-order valence-electron chi connectivity index (χ0n) is 13.6. The lowest BCUT2D eigenvalue weighted by atomic mass is 9.73. The van der Waals surface area contributed by atoms with Gasteiger partial charge in [0.05, 0.1) is 5.60 Å². The molecule has 1 unspecified atom stereocenters. The van der Waals surface area contributed by atoms with E-state index in [1.807, 2.05) is 0 Å². The lowest BCUT2D eigenvalue weighted by Gasteiger charge is -2.47. The highest BCUT2D eigenvalue weighted by atomic mass is 16.5. The molecule has 1 atom stereocenters. The normalized spacial score (nSPS) is 20.7. The Morgan fingerprint density at radius 1 is 1.00 bits per heavy atom. The molecule has 114 valence electrons. The van der Waals surface area contributed by atoms with Crippen molar-refractivity contribution in [3.63, 3.8) is 0 Å². The maximum atomic E-state index is 6.35. The Morgan fingerprint density at radius 2 is 1.63 bits per heavy atom. The van der Waals surface area contributed by atoms with Crippen LogP contribution in [0.25, 0.3) is 0 Å². The first-order valence-corrected chi connectivity index (χ1v) is 8.61. The molecule has 1 aliphatic carbocycles. The Labute approximate surface area is 120 Å². The van der Waals surface area contributed by atoms with Gasteiger partial charge in [0.15, 0.2) is 0 Å². The highest BCUT2D eigenvalue weighted by Crippen LogP contribution is 2.38. The monoisotopic (exact) mass is 269 g/mol. The van der Waals surface area contributed by atoms with Crippen LogP contribution in [0.1, 0.15) is 79.1 Å². The first kappa shape index (κ1) is 17.0. The van der Waals surface area contributed by atoms with Gasteiger partial charge in [-0.05, 0) is 38.6 Å². The minimum Gasteiger partial charge on any atom is -0.374 e. The van der Waals surface area contributed by atoms with Crippen molar-refractivity contribution in [2.24, 2.45) is 5.92 Å². The molecule has 0 aromatic rings. The van der Waals surface area contributed by atoms with Crippen LogP contribution in [0.15, 0.2) is 0 Å². The van der Waals surface area contributed by atoms with Crippen molar-refractivity contribution in [2.75, 3.05) is 13.2 Å². The number of hydrogen-bond donors (Lipinski definition) is 1. The Morgan fingerprint density at radius 3 is 2.11 bits per heavy atom. The van der Waals surface area contributed by atoms with Gasteiger partial charge in [-0.3, -0.25) is 0 Å². The molecule has 0 aromatic heterocycles. The molecule has 0 aliphatic heterocycles. The molecule has 0 amide bonds. The van der Waals surface area contributed by atoms with Crippen LogP contribution in [0.4, 0.5) is 0 Å². The molecule has 0 radical (unpaired) electrons. The molecule has 19 heavy (non-hydrogen) atoms. The fraction of sp³-hybridized carbons (Fsp3) is 1.00. The van der Waals surface area contributed by atoms with E-state index in [0.717, 1.165) is 19.1 Å². The van der Waals surface area contributed by atoms with Crippen LogP contribution in [-0.2, 0) is 4.74 Å². The highest BCUT2D eigenvalue weighted by molar-refractivity contribution is 4.98. The smallest absolute Gasteiger partial charge is 0.0837 e. The Bertz CT molecular complexity index is 214. The van der Waals surface area contributed by atoms with Crippen LogP contribution >= 0.6 is 0 Å². The van der Waals surface area contributed by atoms with Crippen molar-refractivity contribution < 1.29 is 4.74 Å². The average Bonchev–Trinajstić information content (AvgIpc) is 2.44. The number of hydrogen-bond acceptors (Lipinski definition) is 2. The molecule has 0 spiro atoms. The van der Waals surface area contributed by atoms with E-state index in [-0.39, 0.29) is 5.60 Å². The number of rotatable bonds is 9. The molecule has 0 aromatic carbocycles. The number of nitrogens with one attached hydrogen (secondary N) is 1. The molecule has 1 fully saturated rings. The first-order chi connectivity index (χ1) is 9.24. The Kier molecular flexibility index (Phi) is 8.01. The third-order valence-electron chi connectivity index (χ3n) is 4.83. The van der Waals surface area contributed by atoms with E-state index >= 15 is 0 Å². The molecule has 1 rings (SSSR count). The molecular formula is C17H35NO. The first-order valence-electron chi connectivity index (χ1n) is 8.61. The molecule has 1 N–H and O–H groups in total. The van der Waals surface area contributed by atoms with Gasteiger partial charge in [0.25, 0.3) is 0 Å². The molecule has 2 heteroatoms. The fourth-order valence-corrected chi connectivity index (χ4v) is 3.82. The summed E-state index contributed by atoms with van der Waals surface area (Å²) in [5.74, 6) is 0.746. The summed E-state index contributed by atoms with van der Waals surface area (Å²) in [5.41, 5.74) is 0.110. The summed E-state index contributed by atoms with van der Waals surface area (Å²) in [6.45, 7) is 11.0. The molecule has 1 aliphatic rings. The van der Waals surface area contributed by atoms with Crippen LogP contribution in [0.2, 0.25) is 0 Å². The van der Waals surface area contributed by atoms with Crippen molar-refractivity contribution in [3.05, 3.63) is 0 Å². The predicted molar refractivity (Wildman–Crippen MR) is 83.6 cm³/mol. The van der Waals surface area contributed by atoms with E-state index in [4.69, 9.17) is 4.74 Å². The third-order valence-corrected chi connectivity index (χ3v) is 4.83. The van der Waals surface area contributed by atoms with Crippen LogP contribution in [-0.4, -0.2) is 24.8 Å². The molecule has 2 nitrogen and oxygen atoms in total. The van der Waals surface area contributed by atoms with Gasteiger partial charge in [0.2, 0.25) is 0 Å². The lowest BCUT2D eigenvalue weighted by Crippen LogP contribution is -2.57. The minimum absolute atomic E-state index is 0.110. The third kappa shape index (κ3) is 4.46. The summed E-state index contributed by atoms with van der Waals surface area (Å²) in [5, 5.41) is 3.84. The SMILES string of the molecule is CCCNC(C(CC)CC)C1(OCC)CCCCC1. The van der Waals surface area contributed by atoms with Gasteiger partial charge < -0.3 is 10.1 Å². The standard InChI is InChI=1S/C17H35NO/c1-5-14-18-16(15(6-2)7-3)17(19-8-4)12-10-9-11-13-17/h15-16,18H,5-14H2,1-4H3. The van der Waals surface area contributed by atoms with Crippen molar-refractivity contribution in [3.8, 4) is 0 Å². The predicted octanol–water partition coefficient (Wildman–Crippen LogP) is 4.53. The van der Waals surface area contributed by atoms with Gasteiger partial charge >= 0.3 is 0 Å². The number of ether oxygens (including phenoxy) is 1. The molecular weight excluding hydrogens is 234 g/mol. The second-order valence-electron chi connectivity index (χ2n) is 6.07. The maximum absolute atomic E-state index is 6.35. The minimum atomic E-state index is 0.110. The second-order valence-corrected chi connectivity index (χ2v) is 6.07. The van der Waals surface area contributed by atoms with Gasteiger partial charge in [0, 0.05) is 12.6 Å². The van der Waals surface area contributed by atoms with Crippen molar-refractivity contribution in [2.45, 2.75) is 90.7 Å². The molecule has 1 saturated carbocycles. The van der Waals surface area contributed by atoms with Gasteiger partial charge in [0.1, 0.15) is 0 Å². The van der Waals surface area contributed by atoms with Crippen LogP contribution in [0, 0.1) is 5.92 Å². The Hall–Kier alpha value is -0.0800. The summed E-state index contributed by atoms with van der Waals surface area (Å²) in [4.78, 5) is 0. The van der Waals surface area contributed by atoms with Gasteiger partial charge in [-0.1, -0.05) is 52.9 Å². The van der Waals surface area contributed by atoms with Crippen molar-refractivity contribution in [1.82, 2.24) is 5.32 Å². The van der Waals surface area contributed by atoms with Crippen molar-refractivity contribution in [1.29, 1.82) is 0 Å². The summed E-state index contributed by atoms with van der Waals surface area (Å²) in [6, 6.07) is 0.544. The maximum Gasteiger partial charge on any atom is 0.0837 e. The quantitative estimate of drug-likeness (QED) is 0.664. The van der Waals surface area contributed by atoms with E-state index in [1.165, 1.54) is 51.4 Å². The van der Waals surface area contributed by atoms with E-state index in [9.17, 15) is 0 Å². The molecule has 0 bridgehead atoms. The van der Waals surface area contributed by atoms with Crippen molar-refractivity contribution >= 4 is 0 Å². The topological polar surface area (TPSA) is 21.3 Å². The van der Waals surface area contributed by atoms with E-state index < -0.39 is 0 Å². The van der Waals surface area contributed by atoms with Crippen LogP contribution < -0.4 is 5.32 Å². The van der Waals surface area contributed by atoms with Crippen LogP contribution in [0.3, 0.4) is 0 Å². The zero-order valence-corrected chi connectivity index (χ0v) is 13.6. The summed E-state index contributed by atoms with van der Waals surface area (Å²) >= 11 is 0. The van der Waals surface area contributed by atoms with Gasteiger partial charge in [-0.15, -0.1) is 0 Å². The average molecular weight is 269 g/mol. The summed E-state index contributed by atoms with van der Waals surface area (Å²) in [7, 11) is 0. The summed E-state index contributed by atoms with van der Waals surface area (Å²) < 4.78 is 6.35. The van der Waals surface area contributed by atoms with Gasteiger partial charge in [-0.2, -0.15) is 0 Å². The Balaban J connectivity index is 2.87. The molecule has 0 saturated heterocycles. The lowest BCUT2D eigenvalue weighted by molar-refractivity contribution is -0.103. The molecule has 0 heterocycles. The van der Waals surface area contributed by atoms with E-state index in [0.29, 0.717) is 6.04 Å². The van der Waals surface area contributed by atoms with E-state index in [1.54, 1.807) is 0 Å². The zero-order chi connectivity index (χ0) is 14.1. The highest BCUT2D eigenvalue weighted by Gasteiger charge is 2.43. The second kappa shape index (κ2) is 8.97. The van der Waals surface area contributed by atoms with E-state index in [2.05, 4.69) is 33.0 Å². The van der Waals surface area contributed by atoms with Crippen LogP contribution in [0.5, 0.6) is 0 Å². The van der Waals surface area contributed by atoms with Gasteiger partial charge in [-0.25, -0.2) is 0 Å². The largest absolute Gasteiger partial charge is 0.374 e.